The summed E-state index contributed by atoms with van der Waals surface area (Å²) in [5, 5.41) is 6.41. The summed E-state index contributed by atoms with van der Waals surface area (Å²) in [6.07, 6.45) is 5.28. The monoisotopic (exact) mass is 273 g/mol. The van der Waals surface area contributed by atoms with Gasteiger partial charge in [0.25, 0.3) is 5.91 Å². The number of carbonyl (C=O) groups is 1. The van der Waals surface area contributed by atoms with Crippen molar-refractivity contribution in [3.8, 4) is 0 Å². The highest BCUT2D eigenvalue weighted by Crippen LogP contribution is 2.28. The van der Waals surface area contributed by atoms with Gasteiger partial charge in [-0.05, 0) is 31.4 Å². The van der Waals surface area contributed by atoms with Gasteiger partial charge in [-0.25, -0.2) is 0 Å². The molecule has 0 aliphatic heterocycles. The van der Waals surface area contributed by atoms with E-state index < -0.39 is 0 Å². The SMILES string of the molecule is O=C(Nc1ccccc1NC1CCC1)c1cncs1. The minimum atomic E-state index is -0.106. The highest BCUT2D eigenvalue weighted by molar-refractivity contribution is 7.11. The Kier molecular flexibility index (Phi) is 3.46. The summed E-state index contributed by atoms with van der Waals surface area (Å²) in [5.74, 6) is -0.106. The molecule has 5 heteroatoms. The summed E-state index contributed by atoms with van der Waals surface area (Å²) in [5.41, 5.74) is 3.48. The highest BCUT2D eigenvalue weighted by atomic mass is 32.1. The summed E-state index contributed by atoms with van der Waals surface area (Å²) in [7, 11) is 0. The van der Waals surface area contributed by atoms with E-state index in [1.54, 1.807) is 11.7 Å². The number of aromatic nitrogens is 1. The second-order valence-corrected chi connectivity index (χ2v) is 5.52. The molecule has 1 heterocycles. The molecular formula is C14H15N3OS. The molecule has 1 aliphatic carbocycles. The van der Waals surface area contributed by atoms with Crippen LogP contribution in [0.4, 0.5) is 11.4 Å². The minimum absolute atomic E-state index is 0.106. The Balaban J connectivity index is 1.74. The van der Waals surface area contributed by atoms with Crippen molar-refractivity contribution < 1.29 is 4.79 Å². The quantitative estimate of drug-likeness (QED) is 0.898. The molecule has 0 atom stereocenters. The average Bonchev–Trinajstić information content (AvgIpc) is 2.89. The molecule has 4 nitrogen and oxygen atoms in total. The molecule has 0 spiro atoms. The summed E-state index contributed by atoms with van der Waals surface area (Å²) >= 11 is 1.34. The van der Waals surface area contributed by atoms with E-state index in [0.29, 0.717) is 10.9 Å². The Morgan fingerprint density at radius 2 is 2.05 bits per heavy atom. The van der Waals surface area contributed by atoms with Gasteiger partial charge in [0.1, 0.15) is 4.88 Å². The number of hydrogen-bond acceptors (Lipinski definition) is 4. The van der Waals surface area contributed by atoms with E-state index >= 15 is 0 Å². The van der Waals surface area contributed by atoms with Crippen molar-refractivity contribution in [2.24, 2.45) is 0 Å². The molecule has 1 fully saturated rings. The van der Waals surface area contributed by atoms with E-state index in [-0.39, 0.29) is 5.91 Å². The van der Waals surface area contributed by atoms with Crippen LogP contribution >= 0.6 is 11.3 Å². The minimum Gasteiger partial charge on any atom is -0.381 e. The van der Waals surface area contributed by atoms with E-state index in [2.05, 4.69) is 15.6 Å². The van der Waals surface area contributed by atoms with Crippen LogP contribution in [0.1, 0.15) is 28.9 Å². The maximum atomic E-state index is 12.0. The molecule has 0 radical (unpaired) electrons. The maximum absolute atomic E-state index is 12.0. The number of anilines is 2. The fourth-order valence-corrected chi connectivity index (χ4v) is 2.52. The van der Waals surface area contributed by atoms with E-state index in [9.17, 15) is 4.79 Å². The standard InChI is InChI=1S/C14H15N3OS/c18-14(13-8-15-9-19-13)17-12-7-2-1-6-11(12)16-10-4-3-5-10/h1-2,6-10,16H,3-5H2,(H,17,18). The predicted octanol–water partition coefficient (Wildman–Crippen LogP) is 3.36. The second kappa shape index (κ2) is 5.40. The Morgan fingerprint density at radius 1 is 1.26 bits per heavy atom. The number of benzene rings is 1. The zero-order chi connectivity index (χ0) is 13.1. The number of para-hydroxylation sites is 2. The van der Waals surface area contributed by atoms with Crippen molar-refractivity contribution in [1.29, 1.82) is 0 Å². The van der Waals surface area contributed by atoms with Gasteiger partial charge in [-0.15, -0.1) is 11.3 Å². The van der Waals surface area contributed by atoms with Crippen molar-refractivity contribution in [2.75, 3.05) is 10.6 Å². The smallest absolute Gasteiger partial charge is 0.267 e. The van der Waals surface area contributed by atoms with Gasteiger partial charge in [-0.3, -0.25) is 9.78 Å². The lowest BCUT2D eigenvalue weighted by atomic mass is 9.93. The number of carbonyl (C=O) groups excluding carboxylic acids is 1. The van der Waals surface area contributed by atoms with Crippen molar-refractivity contribution in [2.45, 2.75) is 25.3 Å². The molecule has 1 aromatic carbocycles. The fraction of sp³-hybridized carbons (Fsp3) is 0.286. The lowest BCUT2D eigenvalue weighted by Gasteiger charge is -2.28. The van der Waals surface area contributed by atoms with Crippen LogP contribution in [0.15, 0.2) is 36.0 Å². The van der Waals surface area contributed by atoms with Gasteiger partial charge >= 0.3 is 0 Å². The van der Waals surface area contributed by atoms with Crippen LogP contribution in [0.25, 0.3) is 0 Å². The molecule has 2 aromatic rings. The van der Waals surface area contributed by atoms with E-state index in [1.165, 1.54) is 30.6 Å². The molecule has 1 aliphatic rings. The molecule has 19 heavy (non-hydrogen) atoms. The first-order chi connectivity index (χ1) is 9.33. The highest BCUT2D eigenvalue weighted by Gasteiger charge is 2.18. The third kappa shape index (κ3) is 2.76. The number of rotatable bonds is 4. The normalized spacial score (nSPS) is 14.7. The number of nitrogens with zero attached hydrogens (tertiary/aromatic N) is 1. The van der Waals surface area contributed by atoms with Gasteiger partial charge in [0, 0.05) is 6.04 Å². The Morgan fingerprint density at radius 3 is 2.68 bits per heavy atom. The number of nitrogens with one attached hydrogen (secondary N) is 2. The average molecular weight is 273 g/mol. The Hall–Kier alpha value is -1.88. The Bertz CT molecular complexity index is 564. The molecule has 2 N–H and O–H groups in total. The zero-order valence-electron chi connectivity index (χ0n) is 10.4. The van der Waals surface area contributed by atoms with Crippen molar-refractivity contribution in [1.82, 2.24) is 4.98 Å². The van der Waals surface area contributed by atoms with E-state index in [1.807, 2.05) is 24.3 Å². The van der Waals surface area contributed by atoms with Crippen LogP contribution in [0, 0.1) is 0 Å². The maximum Gasteiger partial charge on any atom is 0.267 e. The fourth-order valence-electron chi connectivity index (χ4n) is 2.00. The third-order valence-electron chi connectivity index (χ3n) is 3.30. The first-order valence-electron chi connectivity index (χ1n) is 6.38. The van der Waals surface area contributed by atoms with Gasteiger partial charge in [-0.1, -0.05) is 12.1 Å². The topological polar surface area (TPSA) is 54.0 Å². The number of hydrogen-bond donors (Lipinski definition) is 2. The van der Waals surface area contributed by atoms with Crippen molar-refractivity contribution in [3.63, 3.8) is 0 Å². The molecule has 0 bridgehead atoms. The van der Waals surface area contributed by atoms with Crippen LogP contribution in [-0.4, -0.2) is 16.9 Å². The van der Waals surface area contributed by atoms with Crippen LogP contribution < -0.4 is 10.6 Å². The van der Waals surface area contributed by atoms with Gasteiger partial charge in [0.15, 0.2) is 0 Å². The lowest BCUT2D eigenvalue weighted by molar-refractivity contribution is 0.103. The van der Waals surface area contributed by atoms with Crippen molar-refractivity contribution in [3.05, 3.63) is 40.8 Å². The van der Waals surface area contributed by atoms with Gasteiger partial charge in [-0.2, -0.15) is 0 Å². The zero-order valence-corrected chi connectivity index (χ0v) is 11.2. The molecule has 98 valence electrons. The molecular weight excluding hydrogens is 258 g/mol. The summed E-state index contributed by atoms with van der Waals surface area (Å²) in [6.45, 7) is 0. The third-order valence-corrected chi connectivity index (χ3v) is 4.07. The van der Waals surface area contributed by atoms with Crippen LogP contribution in [0.5, 0.6) is 0 Å². The summed E-state index contributed by atoms with van der Waals surface area (Å²) < 4.78 is 0. The van der Waals surface area contributed by atoms with Gasteiger partial charge in [0.2, 0.25) is 0 Å². The van der Waals surface area contributed by atoms with Crippen LogP contribution in [0.2, 0.25) is 0 Å². The largest absolute Gasteiger partial charge is 0.381 e. The van der Waals surface area contributed by atoms with Gasteiger partial charge < -0.3 is 10.6 Å². The molecule has 1 amide bonds. The lowest BCUT2D eigenvalue weighted by Crippen LogP contribution is -2.27. The van der Waals surface area contributed by atoms with Gasteiger partial charge in [0.05, 0.1) is 23.1 Å². The predicted molar refractivity (Wildman–Crippen MR) is 77.8 cm³/mol. The van der Waals surface area contributed by atoms with Crippen molar-refractivity contribution >= 4 is 28.6 Å². The number of thiazole rings is 1. The molecule has 0 unspecified atom stereocenters. The summed E-state index contributed by atoms with van der Waals surface area (Å²) in [4.78, 5) is 16.6. The Labute approximate surface area is 115 Å². The summed E-state index contributed by atoms with van der Waals surface area (Å²) in [6, 6.07) is 8.36. The van der Waals surface area contributed by atoms with E-state index in [4.69, 9.17) is 0 Å². The molecule has 1 saturated carbocycles. The second-order valence-electron chi connectivity index (χ2n) is 4.64. The number of amides is 1. The molecule has 1 aromatic heterocycles. The molecule has 3 rings (SSSR count). The van der Waals surface area contributed by atoms with Crippen LogP contribution in [0.3, 0.4) is 0 Å². The van der Waals surface area contributed by atoms with E-state index in [0.717, 1.165) is 11.4 Å². The molecule has 0 saturated heterocycles. The van der Waals surface area contributed by atoms with Crippen LogP contribution in [-0.2, 0) is 0 Å². The first-order valence-corrected chi connectivity index (χ1v) is 7.26. The first kappa shape index (κ1) is 12.2.